The molecule has 0 rings (SSSR count). The van der Waals surface area contributed by atoms with Crippen molar-refractivity contribution in [3.8, 4) is 0 Å². The Balaban J connectivity index is 4.60. The minimum absolute atomic E-state index is 0.0587. The number of aliphatic hydroxyl groups excluding tert-OH is 1. The summed E-state index contributed by atoms with van der Waals surface area (Å²) in [5, 5.41) is 9.06. The first-order valence-electron chi connectivity index (χ1n) is 7.46. The number of ketones is 1. The third kappa shape index (κ3) is 10.5. The zero-order chi connectivity index (χ0) is 16.5. The zero-order valence-corrected chi connectivity index (χ0v) is 14.7. The van der Waals surface area contributed by atoms with Gasteiger partial charge in [0.2, 0.25) is 0 Å². The predicted octanol–water partition coefficient (Wildman–Crippen LogP) is 4.82. The van der Waals surface area contributed by atoms with Crippen LogP contribution in [0, 0.1) is 5.92 Å². The first kappa shape index (κ1) is 20.1. The summed E-state index contributed by atoms with van der Waals surface area (Å²) >= 11 is 6.49. The number of alkyl halides is 1. The highest BCUT2D eigenvalue weighted by Crippen LogP contribution is 2.32. The van der Waals surface area contributed by atoms with Crippen molar-refractivity contribution in [1.82, 2.24) is 0 Å². The van der Waals surface area contributed by atoms with Crippen LogP contribution in [0.5, 0.6) is 0 Å². The third-order valence-corrected chi connectivity index (χ3v) is 3.88. The normalized spacial score (nSPS) is 15.6. The Bertz CT molecular complexity index is 411. The Morgan fingerprint density at radius 1 is 1.24 bits per heavy atom. The molecule has 0 saturated carbocycles. The van der Waals surface area contributed by atoms with E-state index in [4.69, 9.17) is 16.7 Å². The Morgan fingerprint density at radius 3 is 2.33 bits per heavy atom. The van der Waals surface area contributed by atoms with Crippen LogP contribution in [0.25, 0.3) is 0 Å². The molecule has 1 N–H and O–H groups in total. The van der Waals surface area contributed by atoms with Gasteiger partial charge in [-0.1, -0.05) is 29.4 Å². The van der Waals surface area contributed by atoms with Gasteiger partial charge in [-0.05, 0) is 65.9 Å². The summed E-state index contributed by atoms with van der Waals surface area (Å²) in [7, 11) is 0. The van der Waals surface area contributed by atoms with Gasteiger partial charge in [0.1, 0.15) is 0 Å². The van der Waals surface area contributed by atoms with Crippen LogP contribution in [0.2, 0.25) is 0 Å². The van der Waals surface area contributed by atoms with E-state index in [0.717, 1.165) is 24.8 Å². The lowest BCUT2D eigenvalue weighted by atomic mass is 9.86. The molecule has 1 atom stereocenters. The Morgan fingerprint density at radius 2 is 1.86 bits per heavy atom. The van der Waals surface area contributed by atoms with Gasteiger partial charge in [-0.2, -0.15) is 0 Å². The molecular weight excluding hydrogens is 284 g/mol. The maximum atomic E-state index is 10.8. The van der Waals surface area contributed by atoms with Crippen LogP contribution < -0.4 is 0 Å². The molecule has 0 aromatic heterocycles. The maximum absolute atomic E-state index is 10.8. The van der Waals surface area contributed by atoms with Crippen LogP contribution in [-0.4, -0.2) is 22.4 Å². The molecule has 120 valence electrons. The van der Waals surface area contributed by atoms with Crippen molar-refractivity contribution in [2.24, 2.45) is 5.92 Å². The van der Waals surface area contributed by atoms with Gasteiger partial charge in [0.05, 0.1) is 6.61 Å². The molecule has 0 aliphatic heterocycles. The van der Waals surface area contributed by atoms with E-state index in [1.165, 1.54) is 5.57 Å². The minimum Gasteiger partial charge on any atom is -0.392 e. The fourth-order valence-corrected chi connectivity index (χ4v) is 2.18. The second kappa shape index (κ2) is 9.97. The van der Waals surface area contributed by atoms with Gasteiger partial charge in [0.15, 0.2) is 5.78 Å². The number of carbonyl (C=O) groups is 1. The number of aliphatic hydroxyl groups is 1. The molecule has 0 spiro atoms. The lowest BCUT2D eigenvalue weighted by Gasteiger charge is -2.28. The van der Waals surface area contributed by atoms with Crippen LogP contribution in [0.15, 0.2) is 35.5 Å². The molecule has 0 fully saturated rings. The first-order chi connectivity index (χ1) is 9.66. The number of rotatable bonds is 9. The van der Waals surface area contributed by atoms with E-state index >= 15 is 0 Å². The summed E-state index contributed by atoms with van der Waals surface area (Å²) in [6.45, 7) is 9.71. The lowest BCUT2D eigenvalue weighted by molar-refractivity contribution is -0.112. The quantitative estimate of drug-likeness (QED) is 0.287. The number of carbonyl (C=O) groups excluding carboxylic acids is 1. The van der Waals surface area contributed by atoms with Gasteiger partial charge in [-0.15, -0.1) is 11.6 Å². The molecular formula is C18H29ClO2. The minimum atomic E-state index is -0.276. The first-order valence-corrected chi connectivity index (χ1v) is 7.84. The van der Waals surface area contributed by atoms with E-state index in [1.807, 2.05) is 26.8 Å². The van der Waals surface area contributed by atoms with Gasteiger partial charge in [-0.25, -0.2) is 0 Å². The molecule has 0 heterocycles. The van der Waals surface area contributed by atoms with Gasteiger partial charge in [-0.3, -0.25) is 4.79 Å². The molecule has 0 aromatic rings. The summed E-state index contributed by atoms with van der Waals surface area (Å²) in [6, 6.07) is 0. The van der Waals surface area contributed by atoms with Crippen molar-refractivity contribution in [2.45, 2.75) is 58.8 Å². The van der Waals surface area contributed by atoms with E-state index in [2.05, 4.69) is 13.0 Å². The van der Waals surface area contributed by atoms with Crippen molar-refractivity contribution in [1.29, 1.82) is 0 Å². The average molecular weight is 313 g/mol. The molecule has 3 heteroatoms. The monoisotopic (exact) mass is 312 g/mol. The maximum Gasteiger partial charge on any atom is 0.152 e. The Hall–Kier alpha value is -0.860. The van der Waals surface area contributed by atoms with Crippen LogP contribution in [0.4, 0.5) is 0 Å². The Labute approximate surface area is 134 Å². The van der Waals surface area contributed by atoms with Gasteiger partial charge in [0, 0.05) is 4.87 Å². The smallest absolute Gasteiger partial charge is 0.152 e. The highest BCUT2D eigenvalue weighted by Gasteiger charge is 2.25. The third-order valence-electron chi connectivity index (χ3n) is 3.57. The fourth-order valence-electron chi connectivity index (χ4n) is 1.98. The predicted molar refractivity (Wildman–Crippen MR) is 91.7 cm³/mol. The van der Waals surface area contributed by atoms with Gasteiger partial charge >= 0.3 is 0 Å². The molecule has 0 aliphatic rings. The van der Waals surface area contributed by atoms with Crippen molar-refractivity contribution >= 4 is 17.4 Å². The second-order valence-corrected chi connectivity index (χ2v) is 7.20. The molecule has 0 saturated heterocycles. The highest BCUT2D eigenvalue weighted by atomic mass is 35.5. The van der Waals surface area contributed by atoms with Crippen molar-refractivity contribution in [3.63, 3.8) is 0 Å². The average Bonchev–Trinajstić information content (AvgIpc) is 2.36. The fraction of sp³-hybridized carbons (Fsp3) is 0.611. The summed E-state index contributed by atoms with van der Waals surface area (Å²) in [5.41, 5.74) is 2.22. The van der Waals surface area contributed by atoms with Crippen LogP contribution >= 0.6 is 11.6 Å². The molecule has 0 radical (unpaired) electrons. The number of hydrogen-bond donors (Lipinski definition) is 1. The number of hydrogen-bond acceptors (Lipinski definition) is 2. The highest BCUT2D eigenvalue weighted by molar-refractivity contribution is 6.23. The van der Waals surface area contributed by atoms with E-state index in [0.29, 0.717) is 5.92 Å². The zero-order valence-electron chi connectivity index (χ0n) is 13.9. The van der Waals surface area contributed by atoms with E-state index in [1.54, 1.807) is 19.1 Å². The number of allylic oxidation sites excluding steroid dienone is 5. The second-order valence-electron chi connectivity index (χ2n) is 6.23. The van der Waals surface area contributed by atoms with Crippen LogP contribution in [0.3, 0.4) is 0 Å². The van der Waals surface area contributed by atoms with Crippen molar-refractivity contribution in [2.75, 3.05) is 6.61 Å². The lowest BCUT2D eigenvalue weighted by Crippen LogP contribution is -2.24. The molecule has 0 aromatic carbocycles. The van der Waals surface area contributed by atoms with Crippen molar-refractivity contribution < 1.29 is 9.90 Å². The standard InChI is InChI=1S/C18H29ClO2/c1-14(7-6-8-16(3)21)9-11-17(18(4,5)19)12-10-15(2)13-20/h6-8,10,17,20H,9,11-13H2,1-5H3/b8-6+,14-7+,15-10+. The van der Waals surface area contributed by atoms with E-state index < -0.39 is 0 Å². The summed E-state index contributed by atoms with van der Waals surface area (Å²) in [4.78, 5) is 10.6. The molecule has 21 heavy (non-hydrogen) atoms. The van der Waals surface area contributed by atoms with Crippen molar-refractivity contribution in [3.05, 3.63) is 35.5 Å². The van der Waals surface area contributed by atoms with Crippen LogP contribution in [0.1, 0.15) is 53.9 Å². The van der Waals surface area contributed by atoms with Gasteiger partial charge in [0.25, 0.3) is 0 Å². The van der Waals surface area contributed by atoms with Crippen LogP contribution in [-0.2, 0) is 4.79 Å². The molecule has 1 unspecified atom stereocenters. The topological polar surface area (TPSA) is 37.3 Å². The molecule has 2 nitrogen and oxygen atoms in total. The van der Waals surface area contributed by atoms with Gasteiger partial charge < -0.3 is 5.11 Å². The summed E-state index contributed by atoms with van der Waals surface area (Å²) < 4.78 is 0. The molecule has 0 aliphatic carbocycles. The SMILES string of the molecule is CC(=O)/C=C/C=C(\C)CCC(C/C=C(\C)CO)C(C)(C)Cl. The molecule has 0 bridgehead atoms. The van der Waals surface area contributed by atoms with E-state index in [9.17, 15) is 4.79 Å². The summed E-state index contributed by atoms with van der Waals surface area (Å²) in [6.07, 6.45) is 10.2. The Kier molecular flexibility index (Phi) is 9.56. The van der Waals surface area contributed by atoms with E-state index in [-0.39, 0.29) is 17.3 Å². The number of halogens is 1. The largest absolute Gasteiger partial charge is 0.392 e. The molecule has 0 amide bonds. The summed E-state index contributed by atoms with van der Waals surface area (Å²) in [5.74, 6) is 0.407.